The fraction of sp³-hybridized carbons (Fsp3) is 0.625. The first-order valence-electron chi connectivity index (χ1n) is 11.7. The summed E-state index contributed by atoms with van der Waals surface area (Å²) in [5.74, 6) is -0.1000. The van der Waals surface area contributed by atoms with Gasteiger partial charge in [-0.25, -0.2) is 0 Å². The molecule has 5 nitrogen and oxygen atoms in total. The zero-order valence-corrected chi connectivity index (χ0v) is 25.0. The van der Waals surface area contributed by atoms with Gasteiger partial charge in [-0.1, -0.05) is 30.8 Å². The average molecular weight is 496 g/mol. The number of benzene rings is 1. The number of nitrogens with one attached hydrogen (secondary N) is 1. The molecule has 0 spiro atoms. The van der Waals surface area contributed by atoms with Crippen molar-refractivity contribution in [2.45, 2.75) is 71.3 Å². The lowest BCUT2D eigenvalue weighted by Gasteiger charge is -2.37. The summed E-state index contributed by atoms with van der Waals surface area (Å²) in [6.07, 6.45) is 3.32. The Balaban J connectivity index is 2.54. The van der Waals surface area contributed by atoms with Gasteiger partial charge >= 0.3 is 8.56 Å². The van der Waals surface area contributed by atoms with E-state index in [0.717, 1.165) is 36.5 Å². The Morgan fingerprint density at radius 2 is 1.56 bits per heavy atom. The molecule has 0 radical (unpaired) electrons. The Bertz CT molecular complexity index is 742. The highest BCUT2D eigenvalue weighted by molar-refractivity contribution is 6.87. The van der Waals surface area contributed by atoms with E-state index in [9.17, 15) is 4.79 Å². The van der Waals surface area contributed by atoms with Crippen LogP contribution in [0.5, 0.6) is 0 Å². The molecule has 0 bridgehead atoms. The third-order valence-corrected chi connectivity index (χ3v) is 15.2. The fourth-order valence-corrected chi connectivity index (χ4v) is 17.2. The van der Waals surface area contributed by atoms with Crippen LogP contribution in [-0.4, -0.2) is 62.8 Å². The summed E-state index contributed by atoms with van der Waals surface area (Å²) >= 11 is 0. The topological polar surface area (TPSA) is 47.6 Å². The Labute approximate surface area is 200 Å². The molecule has 0 saturated heterocycles. The minimum Gasteiger partial charge on any atom is -0.437 e. The van der Waals surface area contributed by atoms with Crippen LogP contribution in [0, 0.1) is 0 Å². The smallest absolute Gasteiger partial charge is 0.311 e. The zero-order valence-electron chi connectivity index (χ0n) is 22.0. The van der Waals surface area contributed by atoms with Crippen molar-refractivity contribution in [3.05, 3.63) is 48.0 Å². The van der Waals surface area contributed by atoms with E-state index >= 15 is 0 Å². The molecule has 0 aromatic heterocycles. The highest BCUT2D eigenvalue weighted by Gasteiger charge is 2.37. The number of rotatable bonds is 14. The van der Waals surface area contributed by atoms with Gasteiger partial charge in [0.25, 0.3) is 0 Å². The van der Waals surface area contributed by atoms with Crippen molar-refractivity contribution in [2.24, 2.45) is 0 Å². The predicted molar refractivity (Wildman–Crippen MR) is 144 cm³/mol. The number of amides is 1. The maximum Gasteiger partial charge on any atom is 0.311 e. The van der Waals surface area contributed by atoms with E-state index in [1.165, 1.54) is 17.2 Å². The standard InChI is InChI=1S/C24H46N2O3Si3/c1-11-24(27)25-18-12-19-26(2,3)21-23-15-13-22(14-16-23)17-20-31(7,8)29-32(9,10)28-30(4,5)6/h11,13-16H,1,12,17-21H2,2-10H3/p+1. The first kappa shape index (κ1) is 29.0. The van der Waals surface area contributed by atoms with Gasteiger partial charge in [-0.05, 0) is 69.9 Å². The minimum absolute atomic E-state index is 0.1000. The Kier molecular flexibility index (Phi) is 10.8. The number of quaternary nitrogens is 1. The van der Waals surface area contributed by atoms with E-state index in [1.807, 2.05) is 0 Å². The molecule has 0 aliphatic rings. The molecule has 1 N–H and O–H groups in total. The van der Waals surface area contributed by atoms with Gasteiger partial charge in [0.2, 0.25) is 5.91 Å². The van der Waals surface area contributed by atoms with Crippen LogP contribution in [-0.2, 0) is 26.0 Å². The van der Waals surface area contributed by atoms with Gasteiger partial charge in [0.1, 0.15) is 6.54 Å². The number of carbonyl (C=O) groups excluding carboxylic acids is 1. The molecular formula is C24H47N2O3Si3+. The summed E-state index contributed by atoms with van der Waals surface area (Å²) in [5.41, 5.74) is 2.72. The lowest BCUT2D eigenvalue weighted by Crippen LogP contribution is -2.51. The van der Waals surface area contributed by atoms with E-state index in [1.54, 1.807) is 0 Å². The van der Waals surface area contributed by atoms with Crippen LogP contribution in [0.15, 0.2) is 36.9 Å². The largest absolute Gasteiger partial charge is 0.437 e. The zero-order chi connectivity index (χ0) is 24.6. The second-order valence-electron chi connectivity index (χ2n) is 11.5. The van der Waals surface area contributed by atoms with Crippen molar-refractivity contribution < 1.29 is 17.5 Å². The number of aryl methyl sites for hydroxylation is 1. The number of hydrogen-bond donors (Lipinski definition) is 1. The molecule has 1 rings (SSSR count). The van der Waals surface area contributed by atoms with Gasteiger partial charge in [0.05, 0.1) is 20.6 Å². The Hall–Kier alpha value is -1.04. The SMILES string of the molecule is C=CC(=O)NCCC[N+](C)(C)Cc1ccc(CC[Si](C)(C)O[Si](C)(C)O[Si](C)(C)C)cc1. The van der Waals surface area contributed by atoms with Crippen LogP contribution >= 0.6 is 0 Å². The monoisotopic (exact) mass is 495 g/mol. The van der Waals surface area contributed by atoms with Crippen LogP contribution in [0.4, 0.5) is 0 Å². The maximum absolute atomic E-state index is 11.3. The maximum atomic E-state index is 11.3. The highest BCUT2D eigenvalue weighted by atomic mass is 28.5. The summed E-state index contributed by atoms with van der Waals surface area (Å²) in [6, 6.07) is 10.2. The first-order chi connectivity index (χ1) is 14.5. The van der Waals surface area contributed by atoms with Crippen molar-refractivity contribution in [3.8, 4) is 0 Å². The number of carbonyl (C=O) groups is 1. The van der Waals surface area contributed by atoms with Crippen molar-refractivity contribution in [1.82, 2.24) is 5.32 Å². The van der Waals surface area contributed by atoms with Gasteiger partial charge in [-0.2, -0.15) is 0 Å². The predicted octanol–water partition coefficient (Wildman–Crippen LogP) is 5.27. The van der Waals surface area contributed by atoms with Gasteiger partial charge in [0.15, 0.2) is 16.6 Å². The summed E-state index contributed by atoms with van der Waals surface area (Å²) in [6.45, 7) is 21.9. The molecule has 8 heteroatoms. The van der Waals surface area contributed by atoms with E-state index < -0.39 is 25.2 Å². The molecule has 0 heterocycles. The third kappa shape index (κ3) is 12.9. The van der Waals surface area contributed by atoms with E-state index in [0.29, 0.717) is 6.54 Å². The number of nitrogens with zero attached hydrogens (tertiary/aromatic N) is 1. The first-order valence-corrected chi connectivity index (χ1v) is 21.1. The summed E-state index contributed by atoms with van der Waals surface area (Å²) in [5, 5.41) is 2.85. The van der Waals surface area contributed by atoms with Crippen LogP contribution in [0.3, 0.4) is 0 Å². The van der Waals surface area contributed by atoms with Gasteiger partial charge < -0.3 is 18.0 Å². The average Bonchev–Trinajstić information content (AvgIpc) is 2.61. The quantitative estimate of drug-likeness (QED) is 0.165. The molecule has 0 aliphatic carbocycles. The molecule has 1 aromatic rings. The third-order valence-electron chi connectivity index (χ3n) is 5.15. The Morgan fingerprint density at radius 1 is 1.00 bits per heavy atom. The van der Waals surface area contributed by atoms with Gasteiger partial charge in [-0.15, -0.1) is 0 Å². The van der Waals surface area contributed by atoms with Gasteiger partial charge in [0, 0.05) is 18.5 Å². The number of hydrogen-bond acceptors (Lipinski definition) is 3. The van der Waals surface area contributed by atoms with Crippen LogP contribution in [0.1, 0.15) is 17.5 Å². The van der Waals surface area contributed by atoms with Crippen molar-refractivity contribution >= 4 is 31.1 Å². The second-order valence-corrected chi connectivity index (χ2v) is 24.1. The lowest BCUT2D eigenvalue weighted by atomic mass is 10.1. The molecular weight excluding hydrogens is 449 g/mol. The molecule has 0 atom stereocenters. The molecule has 32 heavy (non-hydrogen) atoms. The Morgan fingerprint density at radius 3 is 2.09 bits per heavy atom. The minimum atomic E-state index is -2.08. The summed E-state index contributed by atoms with van der Waals surface area (Å²) < 4.78 is 13.9. The summed E-state index contributed by atoms with van der Waals surface area (Å²) in [7, 11) is -0.971. The summed E-state index contributed by atoms with van der Waals surface area (Å²) in [4.78, 5) is 11.3. The van der Waals surface area contributed by atoms with E-state index in [2.05, 4.69) is 96.1 Å². The normalized spacial score (nSPS) is 13.2. The van der Waals surface area contributed by atoms with Crippen molar-refractivity contribution in [1.29, 1.82) is 0 Å². The van der Waals surface area contributed by atoms with Gasteiger partial charge in [-0.3, -0.25) is 4.79 Å². The molecule has 182 valence electrons. The molecule has 0 saturated carbocycles. The molecule has 0 unspecified atom stereocenters. The van der Waals surface area contributed by atoms with Crippen LogP contribution in [0.2, 0.25) is 51.9 Å². The molecule has 0 fully saturated rings. The molecule has 0 aliphatic heterocycles. The fourth-order valence-electron chi connectivity index (χ4n) is 4.10. The van der Waals surface area contributed by atoms with Crippen LogP contribution < -0.4 is 5.32 Å². The lowest BCUT2D eigenvalue weighted by molar-refractivity contribution is -0.903. The van der Waals surface area contributed by atoms with Crippen LogP contribution in [0.25, 0.3) is 0 Å². The van der Waals surface area contributed by atoms with E-state index in [4.69, 9.17) is 8.23 Å². The van der Waals surface area contributed by atoms with Crippen molar-refractivity contribution in [2.75, 3.05) is 27.2 Å². The second kappa shape index (κ2) is 11.9. The molecule has 1 aromatic carbocycles. The molecule has 1 amide bonds. The highest BCUT2D eigenvalue weighted by Crippen LogP contribution is 2.24. The van der Waals surface area contributed by atoms with E-state index in [-0.39, 0.29) is 5.91 Å². The van der Waals surface area contributed by atoms with Crippen molar-refractivity contribution in [3.63, 3.8) is 0 Å².